The highest BCUT2D eigenvalue weighted by atomic mass is 16.5. The number of nitrogens with zero attached hydrogens (tertiary/aromatic N) is 2. The van der Waals surface area contributed by atoms with Crippen LogP contribution in [0.3, 0.4) is 0 Å². The number of aromatic amines is 1. The van der Waals surface area contributed by atoms with Gasteiger partial charge in [-0.05, 0) is 38.6 Å². The van der Waals surface area contributed by atoms with Crippen molar-refractivity contribution in [3.63, 3.8) is 0 Å². The first-order valence-electron chi connectivity index (χ1n) is 6.09. The molecule has 4 nitrogen and oxygen atoms in total. The highest BCUT2D eigenvalue weighted by Gasteiger charge is 2.18. The molecule has 17 heavy (non-hydrogen) atoms. The van der Waals surface area contributed by atoms with Crippen molar-refractivity contribution < 1.29 is 4.74 Å². The first-order chi connectivity index (χ1) is 8.31. The smallest absolute Gasteiger partial charge is 0.122 e. The largest absolute Gasteiger partial charge is 0.489 e. The summed E-state index contributed by atoms with van der Waals surface area (Å²) in [4.78, 5) is 9.63. The molecular formula is C13H17N3O. The Morgan fingerprint density at radius 1 is 1.47 bits per heavy atom. The van der Waals surface area contributed by atoms with Crippen LogP contribution in [0.1, 0.15) is 12.8 Å². The summed E-state index contributed by atoms with van der Waals surface area (Å²) in [6, 6.07) is 6.02. The molecule has 0 radical (unpaired) electrons. The van der Waals surface area contributed by atoms with E-state index in [9.17, 15) is 0 Å². The molecule has 0 amide bonds. The second-order valence-corrected chi connectivity index (χ2v) is 4.73. The zero-order valence-electron chi connectivity index (χ0n) is 10.0. The van der Waals surface area contributed by atoms with E-state index in [2.05, 4.69) is 21.9 Å². The Labute approximate surface area is 101 Å². The van der Waals surface area contributed by atoms with Crippen LogP contribution in [0.2, 0.25) is 0 Å². The van der Waals surface area contributed by atoms with Gasteiger partial charge in [-0.2, -0.15) is 0 Å². The molecule has 1 aliphatic heterocycles. The Morgan fingerprint density at radius 2 is 2.41 bits per heavy atom. The average molecular weight is 231 g/mol. The van der Waals surface area contributed by atoms with Gasteiger partial charge in [0.1, 0.15) is 11.9 Å². The number of likely N-dealkylation sites (tertiary alicyclic amines) is 1. The van der Waals surface area contributed by atoms with Crippen molar-refractivity contribution in [2.24, 2.45) is 0 Å². The lowest BCUT2D eigenvalue weighted by Gasteiger charge is -2.29. The van der Waals surface area contributed by atoms with Gasteiger partial charge in [-0.15, -0.1) is 0 Å². The number of hydrogen-bond acceptors (Lipinski definition) is 3. The van der Waals surface area contributed by atoms with Crippen LogP contribution >= 0.6 is 0 Å². The molecule has 1 atom stereocenters. The van der Waals surface area contributed by atoms with Gasteiger partial charge in [0.2, 0.25) is 0 Å². The number of H-pyrrole nitrogens is 1. The lowest BCUT2D eigenvalue weighted by Crippen LogP contribution is -2.38. The minimum absolute atomic E-state index is 0.314. The molecule has 90 valence electrons. The molecule has 4 heteroatoms. The zero-order chi connectivity index (χ0) is 11.7. The van der Waals surface area contributed by atoms with Crippen molar-refractivity contribution in [3.8, 4) is 5.75 Å². The number of ether oxygens (including phenoxy) is 1. The number of fused-ring (bicyclic) bond motifs is 1. The number of aromatic nitrogens is 2. The maximum Gasteiger partial charge on any atom is 0.122 e. The zero-order valence-corrected chi connectivity index (χ0v) is 10.0. The van der Waals surface area contributed by atoms with E-state index in [0.29, 0.717) is 6.10 Å². The minimum atomic E-state index is 0.314. The molecule has 1 fully saturated rings. The van der Waals surface area contributed by atoms with E-state index in [1.165, 1.54) is 13.0 Å². The SMILES string of the molecule is CN1CCCC(Oc2ccc3nc[nH]c3c2)C1. The summed E-state index contributed by atoms with van der Waals surface area (Å²) in [5, 5.41) is 0. The number of piperidine rings is 1. The Hall–Kier alpha value is -1.55. The lowest BCUT2D eigenvalue weighted by molar-refractivity contribution is 0.104. The van der Waals surface area contributed by atoms with E-state index >= 15 is 0 Å². The molecule has 1 aromatic heterocycles. The third-order valence-electron chi connectivity index (χ3n) is 3.28. The number of imidazole rings is 1. The van der Waals surface area contributed by atoms with E-state index < -0.39 is 0 Å². The third kappa shape index (κ3) is 2.26. The number of rotatable bonds is 2. The van der Waals surface area contributed by atoms with Crippen LogP contribution in [0.25, 0.3) is 11.0 Å². The average Bonchev–Trinajstić information content (AvgIpc) is 2.76. The standard InChI is InChI=1S/C13H17N3O/c1-16-6-2-3-11(8-16)17-10-4-5-12-13(7-10)15-9-14-12/h4-5,7,9,11H,2-3,6,8H2,1H3,(H,14,15). The van der Waals surface area contributed by atoms with Crippen LogP contribution in [0.4, 0.5) is 0 Å². The van der Waals surface area contributed by atoms with Crippen LogP contribution in [-0.2, 0) is 0 Å². The number of hydrogen-bond donors (Lipinski definition) is 1. The Kier molecular flexibility index (Phi) is 2.73. The fraction of sp³-hybridized carbons (Fsp3) is 0.462. The summed E-state index contributed by atoms with van der Waals surface area (Å²) in [5.41, 5.74) is 2.02. The van der Waals surface area contributed by atoms with Crippen LogP contribution < -0.4 is 4.74 Å². The first-order valence-corrected chi connectivity index (χ1v) is 6.09. The molecule has 1 aromatic carbocycles. The van der Waals surface area contributed by atoms with Gasteiger partial charge >= 0.3 is 0 Å². The Balaban J connectivity index is 1.75. The molecule has 2 aromatic rings. The summed E-state index contributed by atoms with van der Waals surface area (Å²) >= 11 is 0. The molecule has 0 bridgehead atoms. The molecule has 3 rings (SSSR count). The summed E-state index contributed by atoms with van der Waals surface area (Å²) in [6.45, 7) is 2.19. The first kappa shape index (κ1) is 10.6. The summed E-state index contributed by atoms with van der Waals surface area (Å²) in [7, 11) is 2.15. The Morgan fingerprint density at radius 3 is 3.29 bits per heavy atom. The van der Waals surface area contributed by atoms with Gasteiger partial charge in [0, 0.05) is 12.6 Å². The predicted octanol–water partition coefficient (Wildman–Crippen LogP) is 2.04. The van der Waals surface area contributed by atoms with Crippen LogP contribution in [0, 0.1) is 0 Å². The van der Waals surface area contributed by atoms with Crippen LogP contribution in [0.5, 0.6) is 5.75 Å². The minimum Gasteiger partial charge on any atom is -0.489 e. The maximum atomic E-state index is 6.01. The summed E-state index contributed by atoms with van der Waals surface area (Å²) < 4.78 is 6.01. The monoisotopic (exact) mass is 231 g/mol. The fourth-order valence-corrected chi connectivity index (χ4v) is 2.40. The molecular weight excluding hydrogens is 214 g/mol. The fourth-order valence-electron chi connectivity index (χ4n) is 2.40. The molecule has 1 aliphatic rings. The van der Waals surface area contributed by atoms with E-state index in [-0.39, 0.29) is 0 Å². The van der Waals surface area contributed by atoms with Crippen molar-refractivity contribution in [1.82, 2.24) is 14.9 Å². The topological polar surface area (TPSA) is 41.1 Å². The molecule has 2 heterocycles. The molecule has 0 aliphatic carbocycles. The van der Waals surface area contributed by atoms with Crippen molar-refractivity contribution in [1.29, 1.82) is 0 Å². The van der Waals surface area contributed by atoms with Gasteiger partial charge in [-0.1, -0.05) is 0 Å². The van der Waals surface area contributed by atoms with Crippen LogP contribution in [-0.4, -0.2) is 41.1 Å². The van der Waals surface area contributed by atoms with Gasteiger partial charge in [0.05, 0.1) is 17.4 Å². The molecule has 1 unspecified atom stereocenters. The van der Waals surface area contributed by atoms with Gasteiger partial charge < -0.3 is 14.6 Å². The van der Waals surface area contributed by atoms with E-state index in [1.54, 1.807) is 6.33 Å². The Bertz CT molecular complexity index is 508. The molecule has 0 spiro atoms. The van der Waals surface area contributed by atoms with Gasteiger partial charge in [0.25, 0.3) is 0 Å². The van der Waals surface area contributed by atoms with Crippen molar-refractivity contribution in [2.75, 3.05) is 20.1 Å². The summed E-state index contributed by atoms with van der Waals surface area (Å²) in [5.74, 6) is 0.932. The van der Waals surface area contributed by atoms with E-state index in [4.69, 9.17) is 4.74 Å². The molecule has 0 saturated carbocycles. The van der Waals surface area contributed by atoms with Gasteiger partial charge in [-0.3, -0.25) is 0 Å². The van der Waals surface area contributed by atoms with Crippen LogP contribution in [0.15, 0.2) is 24.5 Å². The lowest BCUT2D eigenvalue weighted by atomic mass is 10.1. The summed E-state index contributed by atoms with van der Waals surface area (Å²) in [6.07, 6.45) is 4.39. The van der Waals surface area contributed by atoms with E-state index in [0.717, 1.165) is 29.7 Å². The van der Waals surface area contributed by atoms with Crippen molar-refractivity contribution >= 4 is 11.0 Å². The third-order valence-corrected chi connectivity index (χ3v) is 3.28. The number of benzene rings is 1. The van der Waals surface area contributed by atoms with Crippen molar-refractivity contribution in [3.05, 3.63) is 24.5 Å². The molecule has 1 N–H and O–H groups in total. The highest BCUT2D eigenvalue weighted by molar-refractivity contribution is 5.75. The predicted molar refractivity (Wildman–Crippen MR) is 67.2 cm³/mol. The van der Waals surface area contributed by atoms with Crippen molar-refractivity contribution in [2.45, 2.75) is 18.9 Å². The quantitative estimate of drug-likeness (QED) is 0.860. The second-order valence-electron chi connectivity index (χ2n) is 4.73. The van der Waals surface area contributed by atoms with Gasteiger partial charge in [-0.25, -0.2) is 4.98 Å². The maximum absolute atomic E-state index is 6.01. The normalized spacial score (nSPS) is 21.8. The number of likely N-dealkylation sites (N-methyl/N-ethyl adjacent to an activating group) is 1. The highest BCUT2D eigenvalue weighted by Crippen LogP contribution is 2.21. The second kappa shape index (κ2) is 4.37. The number of nitrogens with one attached hydrogen (secondary N) is 1. The van der Waals surface area contributed by atoms with Gasteiger partial charge in [0.15, 0.2) is 0 Å². The van der Waals surface area contributed by atoms with E-state index in [1.807, 2.05) is 18.2 Å². The molecule has 1 saturated heterocycles.